The summed E-state index contributed by atoms with van der Waals surface area (Å²) in [5.41, 5.74) is 1.51. The van der Waals surface area contributed by atoms with Gasteiger partial charge in [0, 0.05) is 12.7 Å². The summed E-state index contributed by atoms with van der Waals surface area (Å²) in [6.07, 6.45) is 1.75. The Hall–Kier alpha value is -1.91. The van der Waals surface area contributed by atoms with Crippen molar-refractivity contribution in [1.29, 1.82) is 0 Å². The number of rotatable bonds is 7. The standard InChI is InChI=1S/C16H23FN2O2/c1-5-6-15(16(21)18-10-20)19(4)14-8-12(11(2)3)7-13(17)9-14/h7-11,15H,5-6H2,1-4H3,(H,18,20,21). The molecule has 0 aliphatic rings. The molecular weight excluding hydrogens is 271 g/mol. The molecule has 1 atom stereocenters. The molecule has 2 amide bonds. The molecule has 1 aromatic rings. The summed E-state index contributed by atoms with van der Waals surface area (Å²) in [5, 5.41) is 2.18. The van der Waals surface area contributed by atoms with Gasteiger partial charge in [-0.05, 0) is 36.1 Å². The highest BCUT2D eigenvalue weighted by Crippen LogP contribution is 2.25. The minimum absolute atomic E-state index is 0.196. The van der Waals surface area contributed by atoms with Crippen LogP contribution in [0.15, 0.2) is 18.2 Å². The molecule has 0 saturated heterocycles. The first kappa shape index (κ1) is 17.1. The van der Waals surface area contributed by atoms with Crippen LogP contribution in [0.4, 0.5) is 10.1 Å². The van der Waals surface area contributed by atoms with E-state index in [1.54, 1.807) is 11.9 Å². The van der Waals surface area contributed by atoms with Crippen LogP contribution in [0.3, 0.4) is 0 Å². The van der Waals surface area contributed by atoms with E-state index in [-0.39, 0.29) is 17.6 Å². The molecule has 0 aliphatic heterocycles. The molecule has 0 spiro atoms. The Bertz CT molecular complexity index is 503. The number of hydrogen-bond acceptors (Lipinski definition) is 3. The third-order valence-electron chi connectivity index (χ3n) is 3.51. The van der Waals surface area contributed by atoms with Crippen LogP contribution in [0.2, 0.25) is 0 Å². The molecule has 0 saturated carbocycles. The van der Waals surface area contributed by atoms with Crippen LogP contribution in [0, 0.1) is 5.82 Å². The summed E-state index contributed by atoms with van der Waals surface area (Å²) in [5.74, 6) is -0.500. The van der Waals surface area contributed by atoms with Gasteiger partial charge in [0.2, 0.25) is 12.3 Å². The number of nitrogens with zero attached hydrogens (tertiary/aromatic N) is 1. The van der Waals surface area contributed by atoms with Crippen molar-refractivity contribution in [2.75, 3.05) is 11.9 Å². The predicted octanol–water partition coefficient (Wildman–Crippen LogP) is 2.83. The smallest absolute Gasteiger partial charge is 0.249 e. The number of carbonyl (C=O) groups is 2. The van der Waals surface area contributed by atoms with Gasteiger partial charge in [-0.1, -0.05) is 27.2 Å². The number of hydrogen-bond donors (Lipinski definition) is 1. The van der Waals surface area contributed by atoms with E-state index in [4.69, 9.17) is 0 Å². The Morgan fingerprint density at radius 1 is 1.38 bits per heavy atom. The fraction of sp³-hybridized carbons (Fsp3) is 0.500. The maximum Gasteiger partial charge on any atom is 0.249 e. The highest BCUT2D eigenvalue weighted by Gasteiger charge is 2.23. The van der Waals surface area contributed by atoms with E-state index in [0.717, 1.165) is 12.0 Å². The lowest BCUT2D eigenvalue weighted by molar-refractivity contribution is -0.126. The molecule has 1 unspecified atom stereocenters. The van der Waals surface area contributed by atoms with Crippen LogP contribution < -0.4 is 10.2 Å². The Morgan fingerprint density at radius 3 is 2.57 bits per heavy atom. The average Bonchev–Trinajstić information content (AvgIpc) is 2.43. The summed E-state index contributed by atoms with van der Waals surface area (Å²) >= 11 is 0. The Labute approximate surface area is 125 Å². The number of nitrogens with one attached hydrogen (secondary N) is 1. The largest absolute Gasteiger partial charge is 0.363 e. The number of halogens is 1. The Morgan fingerprint density at radius 2 is 2.05 bits per heavy atom. The van der Waals surface area contributed by atoms with Crippen molar-refractivity contribution in [1.82, 2.24) is 5.32 Å². The topological polar surface area (TPSA) is 49.4 Å². The van der Waals surface area contributed by atoms with E-state index in [2.05, 4.69) is 5.32 Å². The summed E-state index contributed by atoms with van der Waals surface area (Å²) in [4.78, 5) is 24.2. The van der Waals surface area contributed by atoms with Crippen molar-refractivity contribution in [3.63, 3.8) is 0 Å². The van der Waals surface area contributed by atoms with Crippen LogP contribution in [0.5, 0.6) is 0 Å². The molecule has 21 heavy (non-hydrogen) atoms. The van der Waals surface area contributed by atoms with E-state index in [9.17, 15) is 14.0 Å². The maximum atomic E-state index is 13.8. The fourth-order valence-electron chi connectivity index (χ4n) is 2.24. The van der Waals surface area contributed by atoms with Crippen molar-refractivity contribution < 1.29 is 14.0 Å². The van der Waals surface area contributed by atoms with E-state index >= 15 is 0 Å². The molecular formula is C16H23FN2O2. The SMILES string of the molecule is CCCC(C(=O)NC=O)N(C)c1cc(F)cc(C(C)C)c1. The van der Waals surface area contributed by atoms with E-state index < -0.39 is 6.04 Å². The van der Waals surface area contributed by atoms with Gasteiger partial charge in [0.25, 0.3) is 0 Å². The third kappa shape index (κ3) is 4.55. The van der Waals surface area contributed by atoms with Gasteiger partial charge in [0.1, 0.15) is 11.9 Å². The van der Waals surface area contributed by atoms with Crippen molar-refractivity contribution in [3.05, 3.63) is 29.6 Å². The van der Waals surface area contributed by atoms with Gasteiger partial charge in [0.05, 0.1) is 0 Å². The van der Waals surface area contributed by atoms with Gasteiger partial charge >= 0.3 is 0 Å². The molecule has 0 bridgehead atoms. The zero-order valence-electron chi connectivity index (χ0n) is 13.0. The van der Waals surface area contributed by atoms with Crippen LogP contribution in [0.25, 0.3) is 0 Å². The molecule has 1 aromatic carbocycles. The molecule has 0 heterocycles. The Balaban J connectivity index is 3.10. The molecule has 116 valence electrons. The third-order valence-corrected chi connectivity index (χ3v) is 3.51. The fourth-order valence-corrected chi connectivity index (χ4v) is 2.24. The zero-order chi connectivity index (χ0) is 16.0. The minimum Gasteiger partial charge on any atom is -0.363 e. The molecule has 4 nitrogen and oxygen atoms in total. The highest BCUT2D eigenvalue weighted by molar-refractivity contribution is 5.92. The first-order chi connectivity index (χ1) is 9.90. The van der Waals surface area contributed by atoms with Gasteiger partial charge in [0.15, 0.2) is 0 Å². The second-order valence-electron chi connectivity index (χ2n) is 5.44. The van der Waals surface area contributed by atoms with Crippen molar-refractivity contribution in [3.8, 4) is 0 Å². The second-order valence-corrected chi connectivity index (χ2v) is 5.44. The number of benzene rings is 1. The minimum atomic E-state index is -0.498. The Kier molecular flexibility index (Phi) is 6.34. The van der Waals surface area contributed by atoms with Gasteiger partial charge in [-0.15, -0.1) is 0 Å². The van der Waals surface area contributed by atoms with Crippen molar-refractivity contribution >= 4 is 18.0 Å². The molecule has 0 radical (unpaired) electrons. The lowest BCUT2D eigenvalue weighted by Crippen LogP contribution is -2.45. The van der Waals surface area contributed by atoms with E-state index in [1.807, 2.05) is 26.8 Å². The normalized spacial score (nSPS) is 12.1. The lowest BCUT2D eigenvalue weighted by Gasteiger charge is -2.29. The number of likely N-dealkylation sites (N-methyl/N-ethyl adjacent to an activating group) is 1. The van der Waals surface area contributed by atoms with Gasteiger partial charge in [-0.25, -0.2) is 4.39 Å². The number of imide groups is 1. The van der Waals surface area contributed by atoms with Crippen LogP contribution in [-0.2, 0) is 9.59 Å². The van der Waals surface area contributed by atoms with Gasteiger partial charge in [-0.3, -0.25) is 14.9 Å². The molecule has 0 aliphatic carbocycles. The van der Waals surface area contributed by atoms with Crippen molar-refractivity contribution in [2.24, 2.45) is 0 Å². The molecule has 0 fully saturated rings. The number of amides is 2. The van der Waals surface area contributed by atoms with Crippen LogP contribution in [-0.4, -0.2) is 25.4 Å². The number of anilines is 1. The summed E-state index contributed by atoms with van der Waals surface area (Å²) in [6, 6.07) is 4.29. The second kappa shape index (κ2) is 7.76. The summed E-state index contributed by atoms with van der Waals surface area (Å²) in [6.45, 7) is 5.93. The van der Waals surface area contributed by atoms with Crippen LogP contribution in [0.1, 0.15) is 45.1 Å². The molecule has 5 heteroatoms. The highest BCUT2D eigenvalue weighted by atomic mass is 19.1. The predicted molar refractivity (Wildman–Crippen MR) is 81.8 cm³/mol. The number of carbonyl (C=O) groups excluding carboxylic acids is 2. The van der Waals surface area contributed by atoms with Crippen LogP contribution >= 0.6 is 0 Å². The first-order valence-electron chi connectivity index (χ1n) is 7.18. The average molecular weight is 294 g/mol. The summed E-state index contributed by atoms with van der Waals surface area (Å²) < 4.78 is 13.8. The van der Waals surface area contributed by atoms with Crippen molar-refractivity contribution in [2.45, 2.75) is 45.6 Å². The van der Waals surface area contributed by atoms with E-state index in [0.29, 0.717) is 18.5 Å². The first-order valence-corrected chi connectivity index (χ1v) is 7.18. The lowest BCUT2D eigenvalue weighted by atomic mass is 10.0. The zero-order valence-corrected chi connectivity index (χ0v) is 13.0. The maximum absolute atomic E-state index is 13.8. The quantitative estimate of drug-likeness (QED) is 0.787. The molecule has 0 aromatic heterocycles. The summed E-state index contributed by atoms with van der Waals surface area (Å²) in [7, 11) is 1.74. The molecule has 1 rings (SSSR count). The molecule has 1 N–H and O–H groups in total. The monoisotopic (exact) mass is 294 g/mol. The van der Waals surface area contributed by atoms with E-state index in [1.165, 1.54) is 12.1 Å². The van der Waals surface area contributed by atoms with Gasteiger partial charge in [-0.2, -0.15) is 0 Å². The van der Waals surface area contributed by atoms with Gasteiger partial charge < -0.3 is 4.90 Å².